The van der Waals surface area contributed by atoms with E-state index in [0.717, 1.165) is 5.39 Å². The molecule has 0 aliphatic rings. The van der Waals surface area contributed by atoms with Crippen LogP contribution in [0.1, 0.15) is 10.4 Å². The highest BCUT2D eigenvalue weighted by Gasteiger charge is 2.12. The van der Waals surface area contributed by atoms with Crippen LogP contribution in [0.2, 0.25) is 0 Å². The van der Waals surface area contributed by atoms with Crippen molar-refractivity contribution < 1.29 is 4.79 Å². The predicted molar refractivity (Wildman–Crippen MR) is 78.3 cm³/mol. The second-order valence-electron chi connectivity index (χ2n) is 4.29. The lowest BCUT2D eigenvalue weighted by molar-refractivity contribution is 0.102. The second kappa shape index (κ2) is 4.97. The van der Waals surface area contributed by atoms with Crippen molar-refractivity contribution in [2.45, 2.75) is 0 Å². The first-order chi connectivity index (χ1) is 9.74. The highest BCUT2D eigenvalue weighted by Crippen LogP contribution is 2.18. The summed E-state index contributed by atoms with van der Waals surface area (Å²) in [5.74, 6) is -0.114. The van der Waals surface area contributed by atoms with Crippen LogP contribution in [-0.2, 0) is 0 Å². The largest absolute Gasteiger partial charge is 0.383 e. The lowest BCUT2D eigenvalue weighted by Crippen LogP contribution is -2.15. The number of aromatic nitrogens is 2. The van der Waals surface area contributed by atoms with Gasteiger partial charge in [-0.15, -0.1) is 0 Å². The van der Waals surface area contributed by atoms with Gasteiger partial charge in [-0.05, 0) is 30.3 Å². The Morgan fingerprint density at radius 3 is 2.70 bits per heavy atom. The number of nitrogens with two attached hydrogens (primary N) is 1. The molecule has 0 atom stereocenters. The SMILES string of the molecule is Nc1nc2ncccc2cc1C(=O)Nc1ccccc1. The van der Waals surface area contributed by atoms with Crippen molar-refractivity contribution in [1.29, 1.82) is 0 Å². The third-order valence-corrected chi connectivity index (χ3v) is 2.90. The van der Waals surface area contributed by atoms with Crippen molar-refractivity contribution in [1.82, 2.24) is 9.97 Å². The maximum Gasteiger partial charge on any atom is 0.259 e. The van der Waals surface area contributed by atoms with Crippen LogP contribution in [0.5, 0.6) is 0 Å². The molecule has 20 heavy (non-hydrogen) atoms. The van der Waals surface area contributed by atoms with Crippen LogP contribution >= 0.6 is 0 Å². The number of amides is 1. The smallest absolute Gasteiger partial charge is 0.259 e. The fourth-order valence-electron chi connectivity index (χ4n) is 1.92. The molecule has 0 unspecified atom stereocenters. The van der Waals surface area contributed by atoms with Gasteiger partial charge in [-0.2, -0.15) is 0 Å². The molecule has 3 N–H and O–H groups in total. The van der Waals surface area contributed by atoms with E-state index in [1.807, 2.05) is 36.4 Å². The standard InChI is InChI=1S/C15H12N4O/c16-13-12(9-10-5-4-8-17-14(10)19-13)15(20)18-11-6-2-1-3-7-11/h1-9H,(H,18,20)(H2,16,17,19). The summed E-state index contributed by atoms with van der Waals surface area (Å²) in [4.78, 5) is 20.5. The molecule has 0 saturated carbocycles. The molecule has 2 heterocycles. The van der Waals surface area contributed by atoms with Gasteiger partial charge in [0.2, 0.25) is 0 Å². The van der Waals surface area contributed by atoms with Crippen LogP contribution in [0.25, 0.3) is 11.0 Å². The molecule has 0 radical (unpaired) electrons. The van der Waals surface area contributed by atoms with Crippen LogP contribution in [0.15, 0.2) is 54.7 Å². The number of carbonyl (C=O) groups excluding carboxylic acids is 1. The molecule has 0 aliphatic heterocycles. The quantitative estimate of drug-likeness (QED) is 0.745. The minimum Gasteiger partial charge on any atom is -0.383 e. The zero-order valence-corrected chi connectivity index (χ0v) is 10.6. The van der Waals surface area contributed by atoms with Crippen molar-refractivity contribution in [3.05, 3.63) is 60.3 Å². The first-order valence-electron chi connectivity index (χ1n) is 6.12. The van der Waals surface area contributed by atoms with Gasteiger partial charge in [-0.1, -0.05) is 18.2 Å². The van der Waals surface area contributed by atoms with E-state index in [-0.39, 0.29) is 11.7 Å². The molecule has 2 aromatic heterocycles. The number of hydrogen-bond donors (Lipinski definition) is 2. The number of para-hydroxylation sites is 1. The molecule has 5 nitrogen and oxygen atoms in total. The van der Waals surface area contributed by atoms with Crippen molar-refractivity contribution >= 4 is 28.4 Å². The zero-order valence-electron chi connectivity index (χ0n) is 10.6. The third kappa shape index (κ3) is 2.29. The molecule has 0 aliphatic carbocycles. The second-order valence-corrected chi connectivity index (χ2v) is 4.29. The zero-order chi connectivity index (χ0) is 13.9. The van der Waals surface area contributed by atoms with Gasteiger partial charge in [0, 0.05) is 17.3 Å². The number of hydrogen-bond acceptors (Lipinski definition) is 4. The monoisotopic (exact) mass is 264 g/mol. The highest BCUT2D eigenvalue weighted by atomic mass is 16.1. The van der Waals surface area contributed by atoms with E-state index in [1.54, 1.807) is 18.3 Å². The highest BCUT2D eigenvalue weighted by molar-refractivity contribution is 6.08. The van der Waals surface area contributed by atoms with E-state index in [0.29, 0.717) is 16.9 Å². The molecule has 0 saturated heterocycles. The minimum atomic E-state index is -0.285. The Kier molecular flexibility index (Phi) is 3.01. The van der Waals surface area contributed by atoms with Crippen molar-refractivity contribution in [3.8, 4) is 0 Å². The van der Waals surface area contributed by atoms with Crippen LogP contribution in [0.4, 0.5) is 11.5 Å². The van der Waals surface area contributed by atoms with Gasteiger partial charge < -0.3 is 11.1 Å². The first-order valence-corrected chi connectivity index (χ1v) is 6.12. The topological polar surface area (TPSA) is 80.9 Å². The number of rotatable bonds is 2. The molecule has 1 amide bonds. The van der Waals surface area contributed by atoms with E-state index in [2.05, 4.69) is 15.3 Å². The molecule has 0 bridgehead atoms. The molecular weight excluding hydrogens is 252 g/mol. The lowest BCUT2D eigenvalue weighted by atomic mass is 10.2. The summed E-state index contributed by atoms with van der Waals surface area (Å²) in [5.41, 5.74) is 7.41. The van der Waals surface area contributed by atoms with E-state index in [1.165, 1.54) is 0 Å². The molecule has 5 heteroatoms. The number of carbonyl (C=O) groups is 1. The van der Waals surface area contributed by atoms with E-state index in [4.69, 9.17) is 5.73 Å². The van der Waals surface area contributed by atoms with Gasteiger partial charge in [0.05, 0.1) is 5.56 Å². The van der Waals surface area contributed by atoms with Crippen LogP contribution in [0.3, 0.4) is 0 Å². The van der Waals surface area contributed by atoms with Crippen molar-refractivity contribution in [3.63, 3.8) is 0 Å². The first kappa shape index (κ1) is 12.1. The maximum atomic E-state index is 12.2. The normalized spacial score (nSPS) is 10.4. The summed E-state index contributed by atoms with van der Waals surface area (Å²) in [6.45, 7) is 0. The third-order valence-electron chi connectivity index (χ3n) is 2.90. The molecule has 1 aromatic carbocycles. The Morgan fingerprint density at radius 1 is 1.10 bits per heavy atom. The number of benzene rings is 1. The van der Waals surface area contributed by atoms with E-state index in [9.17, 15) is 4.79 Å². The minimum absolute atomic E-state index is 0.171. The predicted octanol–water partition coefficient (Wildman–Crippen LogP) is 2.46. The van der Waals surface area contributed by atoms with Crippen LogP contribution in [0, 0.1) is 0 Å². The summed E-state index contributed by atoms with van der Waals surface area (Å²) < 4.78 is 0. The number of anilines is 2. The number of nitrogens with one attached hydrogen (secondary N) is 1. The van der Waals surface area contributed by atoms with Crippen LogP contribution in [-0.4, -0.2) is 15.9 Å². The molecule has 98 valence electrons. The maximum absolute atomic E-state index is 12.2. The summed E-state index contributed by atoms with van der Waals surface area (Å²) >= 11 is 0. The fourth-order valence-corrected chi connectivity index (χ4v) is 1.92. The fraction of sp³-hybridized carbons (Fsp3) is 0. The molecule has 3 aromatic rings. The lowest BCUT2D eigenvalue weighted by Gasteiger charge is -2.08. The Bertz CT molecular complexity index is 771. The van der Waals surface area contributed by atoms with Crippen LogP contribution < -0.4 is 11.1 Å². The number of pyridine rings is 2. The number of nitrogens with zero attached hydrogens (tertiary/aromatic N) is 2. The Hall–Kier alpha value is -2.95. The molecular formula is C15H12N4O. The van der Waals surface area contributed by atoms with Gasteiger partial charge >= 0.3 is 0 Å². The van der Waals surface area contributed by atoms with E-state index >= 15 is 0 Å². The average molecular weight is 264 g/mol. The number of nitrogen functional groups attached to an aromatic ring is 1. The summed E-state index contributed by atoms with van der Waals surface area (Å²) in [6, 6.07) is 14.5. The summed E-state index contributed by atoms with van der Waals surface area (Å²) in [7, 11) is 0. The molecule has 3 rings (SSSR count). The van der Waals surface area contributed by atoms with Gasteiger partial charge in [0.25, 0.3) is 5.91 Å². The summed E-state index contributed by atoms with van der Waals surface area (Å²) in [5, 5.41) is 3.56. The molecule has 0 spiro atoms. The average Bonchev–Trinajstić information content (AvgIpc) is 2.47. The van der Waals surface area contributed by atoms with E-state index < -0.39 is 0 Å². The van der Waals surface area contributed by atoms with Gasteiger partial charge in [-0.3, -0.25) is 4.79 Å². The Morgan fingerprint density at radius 2 is 1.90 bits per heavy atom. The summed E-state index contributed by atoms with van der Waals surface area (Å²) in [6.07, 6.45) is 1.64. The van der Waals surface area contributed by atoms with Crippen molar-refractivity contribution in [2.75, 3.05) is 11.1 Å². The van der Waals surface area contributed by atoms with Gasteiger partial charge in [0.1, 0.15) is 5.82 Å². The van der Waals surface area contributed by atoms with Crippen molar-refractivity contribution in [2.24, 2.45) is 0 Å². The number of fused-ring (bicyclic) bond motifs is 1. The van der Waals surface area contributed by atoms with Gasteiger partial charge in [0.15, 0.2) is 5.65 Å². The Labute approximate surface area is 115 Å². The Balaban J connectivity index is 1.97. The molecule has 0 fully saturated rings. The van der Waals surface area contributed by atoms with Gasteiger partial charge in [-0.25, -0.2) is 9.97 Å².